The summed E-state index contributed by atoms with van der Waals surface area (Å²) in [7, 11) is 0.965. The first-order chi connectivity index (χ1) is 8.80. The molecule has 0 unspecified atom stereocenters. The molecule has 1 aromatic heterocycles. The molecule has 0 aliphatic carbocycles. The van der Waals surface area contributed by atoms with E-state index in [9.17, 15) is 13.2 Å². The molecular weight excluding hydrogens is 288 g/mol. The molecule has 1 N–H and O–H groups in total. The minimum absolute atomic E-state index is 0.180. The van der Waals surface area contributed by atoms with Gasteiger partial charge in [0.25, 0.3) is 5.91 Å². The molecule has 0 fully saturated rings. The maximum Gasteiger partial charge on any atom is 0.261 e. The lowest BCUT2D eigenvalue weighted by Crippen LogP contribution is -2.26. The molecule has 1 heterocycles. The summed E-state index contributed by atoms with van der Waals surface area (Å²) in [6, 6.07) is 1.41. The van der Waals surface area contributed by atoms with Gasteiger partial charge in [-0.3, -0.25) is 4.79 Å². The number of sulfonamides is 1. The Hall–Kier alpha value is -0.960. The van der Waals surface area contributed by atoms with Gasteiger partial charge in [-0.15, -0.1) is 11.3 Å². The van der Waals surface area contributed by atoms with Gasteiger partial charge in [0.2, 0.25) is 10.0 Å². The number of hydrogen-bond acceptors (Lipinski definition) is 5. The number of hydrogen-bond donors (Lipinski definition) is 1. The Bertz CT molecular complexity index is 549. The topological polar surface area (TPSA) is 75.7 Å². The van der Waals surface area contributed by atoms with Gasteiger partial charge in [-0.25, -0.2) is 12.7 Å². The second kappa shape index (κ2) is 6.47. The maximum absolute atomic E-state index is 12.0. The van der Waals surface area contributed by atoms with Crippen molar-refractivity contribution in [3.05, 3.63) is 15.8 Å². The highest BCUT2D eigenvalue weighted by molar-refractivity contribution is 7.89. The van der Waals surface area contributed by atoms with Gasteiger partial charge < -0.3 is 10.1 Å². The van der Waals surface area contributed by atoms with E-state index in [1.54, 1.807) is 14.0 Å². The summed E-state index contributed by atoms with van der Waals surface area (Å²) >= 11 is 1.17. The van der Waals surface area contributed by atoms with Crippen LogP contribution in [0, 0.1) is 6.92 Å². The first-order valence-corrected chi connectivity index (χ1v) is 7.86. The van der Waals surface area contributed by atoms with Crippen molar-refractivity contribution in [2.45, 2.75) is 11.8 Å². The smallest absolute Gasteiger partial charge is 0.261 e. The van der Waals surface area contributed by atoms with Gasteiger partial charge in [0, 0.05) is 32.6 Å². The van der Waals surface area contributed by atoms with Gasteiger partial charge in [-0.2, -0.15) is 0 Å². The second-order valence-corrected chi connectivity index (χ2v) is 7.44. The minimum atomic E-state index is -3.51. The third kappa shape index (κ3) is 3.75. The summed E-state index contributed by atoms with van der Waals surface area (Å²) in [4.78, 5) is 13.0. The van der Waals surface area contributed by atoms with E-state index in [4.69, 9.17) is 4.74 Å². The average molecular weight is 306 g/mol. The lowest BCUT2D eigenvalue weighted by atomic mass is 10.4. The summed E-state index contributed by atoms with van der Waals surface area (Å²) in [5.41, 5.74) is 0. The van der Waals surface area contributed by atoms with E-state index < -0.39 is 10.0 Å². The van der Waals surface area contributed by atoms with Crippen molar-refractivity contribution in [3.63, 3.8) is 0 Å². The van der Waals surface area contributed by atoms with Gasteiger partial charge in [0.1, 0.15) is 0 Å². The van der Waals surface area contributed by atoms with Crippen molar-refractivity contribution >= 4 is 27.3 Å². The van der Waals surface area contributed by atoms with Gasteiger partial charge in [0.15, 0.2) is 0 Å². The van der Waals surface area contributed by atoms with E-state index in [-0.39, 0.29) is 10.8 Å². The molecule has 0 bridgehead atoms. The van der Waals surface area contributed by atoms with Crippen LogP contribution in [0.1, 0.15) is 14.5 Å². The number of nitrogens with one attached hydrogen (secondary N) is 1. The average Bonchev–Trinajstić information content (AvgIpc) is 2.72. The number of nitrogens with zero attached hydrogens (tertiary/aromatic N) is 1. The first-order valence-electron chi connectivity index (χ1n) is 5.60. The zero-order chi connectivity index (χ0) is 14.6. The number of amides is 1. The van der Waals surface area contributed by atoms with Gasteiger partial charge >= 0.3 is 0 Å². The number of carbonyl (C=O) groups is 1. The predicted molar refractivity (Wildman–Crippen MR) is 74.1 cm³/mol. The molecule has 0 atom stereocenters. The highest BCUT2D eigenvalue weighted by Crippen LogP contribution is 2.27. The summed E-state index contributed by atoms with van der Waals surface area (Å²) in [6.07, 6.45) is 0. The molecule has 6 nitrogen and oxygen atoms in total. The Balaban J connectivity index is 2.94. The van der Waals surface area contributed by atoms with Crippen LogP contribution in [0.2, 0.25) is 0 Å². The van der Waals surface area contributed by atoms with E-state index in [0.29, 0.717) is 22.9 Å². The monoisotopic (exact) mass is 306 g/mol. The van der Waals surface area contributed by atoms with Gasteiger partial charge in [-0.1, -0.05) is 0 Å². The van der Waals surface area contributed by atoms with Crippen LogP contribution in [0.4, 0.5) is 0 Å². The van der Waals surface area contributed by atoms with E-state index in [1.807, 2.05) is 0 Å². The zero-order valence-corrected chi connectivity index (χ0v) is 13.0. The van der Waals surface area contributed by atoms with E-state index >= 15 is 0 Å². The standard InChI is InChI=1S/C11H18N2O4S2/c1-8-10(19(15,16)13(2)3)7-9(18-8)11(14)12-5-6-17-4/h7H,5-6H2,1-4H3,(H,12,14). The summed E-state index contributed by atoms with van der Waals surface area (Å²) in [5, 5.41) is 2.66. The summed E-state index contributed by atoms with van der Waals surface area (Å²) < 4.78 is 30.0. The van der Waals surface area contributed by atoms with Crippen LogP contribution >= 0.6 is 11.3 Å². The molecule has 0 saturated heterocycles. The van der Waals surface area contributed by atoms with Crippen LogP contribution in [0.3, 0.4) is 0 Å². The Morgan fingerprint density at radius 1 is 1.47 bits per heavy atom. The highest BCUT2D eigenvalue weighted by atomic mass is 32.2. The molecule has 0 aliphatic rings. The van der Waals surface area contributed by atoms with Crippen molar-refractivity contribution in [1.82, 2.24) is 9.62 Å². The molecule has 108 valence electrons. The number of rotatable bonds is 6. The van der Waals surface area contributed by atoms with Crippen molar-refractivity contribution < 1.29 is 17.9 Å². The largest absolute Gasteiger partial charge is 0.383 e. The Kier molecular flexibility index (Phi) is 5.48. The fraction of sp³-hybridized carbons (Fsp3) is 0.545. The second-order valence-electron chi connectivity index (χ2n) is 4.07. The summed E-state index contributed by atoms with van der Waals surface area (Å²) in [6.45, 7) is 2.49. The van der Waals surface area contributed by atoms with Crippen LogP contribution in [0.5, 0.6) is 0 Å². The quantitative estimate of drug-likeness (QED) is 0.784. The van der Waals surface area contributed by atoms with Crippen LogP contribution in [-0.2, 0) is 14.8 Å². The Labute approximate surface area is 117 Å². The molecule has 0 spiro atoms. The predicted octanol–water partition coefficient (Wildman–Crippen LogP) is 0.683. The lowest BCUT2D eigenvalue weighted by Gasteiger charge is -2.10. The fourth-order valence-electron chi connectivity index (χ4n) is 1.38. The SMILES string of the molecule is COCCNC(=O)c1cc(S(=O)(=O)N(C)C)c(C)s1. The van der Waals surface area contributed by atoms with E-state index in [1.165, 1.54) is 31.5 Å². The summed E-state index contributed by atoms with van der Waals surface area (Å²) in [5.74, 6) is -0.287. The first kappa shape index (κ1) is 16.1. The highest BCUT2D eigenvalue weighted by Gasteiger charge is 2.24. The van der Waals surface area contributed by atoms with Crippen molar-refractivity contribution in [2.75, 3.05) is 34.4 Å². The van der Waals surface area contributed by atoms with E-state index in [0.717, 1.165) is 4.31 Å². The Morgan fingerprint density at radius 3 is 2.63 bits per heavy atom. The third-order valence-electron chi connectivity index (χ3n) is 2.45. The van der Waals surface area contributed by atoms with Crippen LogP contribution in [0.15, 0.2) is 11.0 Å². The maximum atomic E-state index is 12.0. The molecule has 1 rings (SSSR count). The van der Waals surface area contributed by atoms with Crippen LogP contribution in [0.25, 0.3) is 0 Å². The molecule has 1 aromatic rings. The Morgan fingerprint density at radius 2 is 2.11 bits per heavy atom. The molecule has 0 aliphatic heterocycles. The molecule has 0 aromatic carbocycles. The lowest BCUT2D eigenvalue weighted by molar-refractivity contribution is 0.0941. The molecule has 1 amide bonds. The number of thiophene rings is 1. The normalized spacial score (nSPS) is 11.8. The van der Waals surface area contributed by atoms with Crippen molar-refractivity contribution in [3.8, 4) is 0 Å². The molecule has 0 saturated carbocycles. The third-order valence-corrected chi connectivity index (χ3v) is 5.57. The van der Waals surface area contributed by atoms with Crippen molar-refractivity contribution in [2.24, 2.45) is 0 Å². The number of aryl methyl sites for hydroxylation is 1. The zero-order valence-electron chi connectivity index (χ0n) is 11.4. The number of methoxy groups -OCH3 is 1. The molecular formula is C11H18N2O4S2. The van der Waals surface area contributed by atoms with Crippen LogP contribution < -0.4 is 5.32 Å². The number of carbonyl (C=O) groups excluding carboxylic acids is 1. The van der Waals surface area contributed by atoms with Gasteiger partial charge in [-0.05, 0) is 13.0 Å². The van der Waals surface area contributed by atoms with Crippen molar-refractivity contribution in [1.29, 1.82) is 0 Å². The molecule has 8 heteroatoms. The van der Waals surface area contributed by atoms with E-state index in [2.05, 4.69) is 5.32 Å². The fourth-order valence-corrected chi connectivity index (χ4v) is 3.75. The molecule has 19 heavy (non-hydrogen) atoms. The minimum Gasteiger partial charge on any atom is -0.383 e. The van der Waals surface area contributed by atoms with Gasteiger partial charge in [0.05, 0.1) is 16.4 Å². The molecule has 0 radical (unpaired) electrons. The number of ether oxygens (including phenoxy) is 1. The van der Waals surface area contributed by atoms with Crippen LogP contribution in [-0.4, -0.2) is 53.0 Å².